The number of nitrogens with zero attached hydrogens (tertiary/aromatic N) is 2. The standard InChI is InChI=1S/C16H19N3O3/c1-21-12-2-4-13(5-3-12)22-14-7-10-19(11-8-14)15-6-9-17-18-16(15)20/h2-6,9,14H,7-8,10-11H2,1H3,(H,18,20). The van der Waals surface area contributed by atoms with E-state index in [1.54, 1.807) is 19.4 Å². The Morgan fingerprint density at radius 1 is 1.14 bits per heavy atom. The molecule has 22 heavy (non-hydrogen) atoms. The van der Waals surface area contributed by atoms with Gasteiger partial charge in [0.05, 0.1) is 7.11 Å². The van der Waals surface area contributed by atoms with Crippen molar-refractivity contribution >= 4 is 5.69 Å². The number of nitrogens with one attached hydrogen (secondary N) is 1. The van der Waals surface area contributed by atoms with Crippen LogP contribution in [0.25, 0.3) is 0 Å². The second-order valence-corrected chi connectivity index (χ2v) is 5.25. The van der Waals surface area contributed by atoms with E-state index in [0.29, 0.717) is 5.69 Å². The fraction of sp³-hybridized carbons (Fsp3) is 0.375. The molecular weight excluding hydrogens is 282 g/mol. The molecule has 0 saturated carbocycles. The number of rotatable bonds is 4. The van der Waals surface area contributed by atoms with Crippen LogP contribution in [0.4, 0.5) is 5.69 Å². The summed E-state index contributed by atoms with van der Waals surface area (Å²) in [4.78, 5) is 13.8. The average molecular weight is 301 g/mol. The summed E-state index contributed by atoms with van der Waals surface area (Å²) < 4.78 is 11.1. The number of benzene rings is 1. The number of ether oxygens (including phenoxy) is 2. The van der Waals surface area contributed by atoms with Crippen molar-refractivity contribution in [2.24, 2.45) is 0 Å². The SMILES string of the molecule is COc1ccc(OC2CCN(c3ccn[nH]c3=O)CC2)cc1. The van der Waals surface area contributed by atoms with E-state index in [1.807, 2.05) is 24.3 Å². The number of anilines is 1. The van der Waals surface area contributed by atoms with Crippen LogP contribution in [-0.4, -0.2) is 36.5 Å². The van der Waals surface area contributed by atoms with E-state index in [-0.39, 0.29) is 11.7 Å². The Balaban J connectivity index is 1.57. The van der Waals surface area contributed by atoms with Crippen LogP contribution in [0, 0.1) is 0 Å². The highest BCUT2D eigenvalue weighted by Crippen LogP contribution is 2.23. The van der Waals surface area contributed by atoms with Crippen molar-refractivity contribution in [2.45, 2.75) is 18.9 Å². The van der Waals surface area contributed by atoms with Crippen LogP contribution < -0.4 is 19.9 Å². The zero-order chi connectivity index (χ0) is 15.4. The summed E-state index contributed by atoms with van der Waals surface area (Å²) in [6, 6.07) is 9.36. The van der Waals surface area contributed by atoms with Gasteiger partial charge >= 0.3 is 0 Å². The molecule has 1 fully saturated rings. The van der Waals surface area contributed by atoms with Crippen LogP contribution in [0.2, 0.25) is 0 Å². The van der Waals surface area contributed by atoms with E-state index >= 15 is 0 Å². The molecule has 2 heterocycles. The van der Waals surface area contributed by atoms with Crippen molar-refractivity contribution in [3.05, 3.63) is 46.9 Å². The molecule has 1 aromatic heterocycles. The van der Waals surface area contributed by atoms with Crippen molar-refractivity contribution in [1.29, 1.82) is 0 Å². The van der Waals surface area contributed by atoms with Gasteiger partial charge < -0.3 is 14.4 Å². The molecule has 3 rings (SSSR count). The summed E-state index contributed by atoms with van der Waals surface area (Å²) in [7, 11) is 1.65. The summed E-state index contributed by atoms with van der Waals surface area (Å²) in [5.74, 6) is 1.67. The van der Waals surface area contributed by atoms with Gasteiger partial charge in [0.25, 0.3) is 5.56 Å². The normalized spacial score (nSPS) is 15.6. The molecule has 1 N–H and O–H groups in total. The van der Waals surface area contributed by atoms with Crippen LogP contribution in [0.1, 0.15) is 12.8 Å². The first kappa shape index (κ1) is 14.4. The second kappa shape index (κ2) is 6.51. The predicted octanol–water partition coefficient (Wildman–Crippen LogP) is 1.83. The first-order valence-corrected chi connectivity index (χ1v) is 7.35. The number of aromatic nitrogens is 2. The van der Waals surface area contributed by atoms with Gasteiger partial charge in [0, 0.05) is 32.1 Å². The van der Waals surface area contributed by atoms with E-state index in [1.165, 1.54) is 0 Å². The van der Waals surface area contributed by atoms with Gasteiger partial charge in [-0.25, -0.2) is 5.10 Å². The Kier molecular flexibility index (Phi) is 4.27. The molecule has 0 amide bonds. The number of piperidine rings is 1. The van der Waals surface area contributed by atoms with Crippen LogP contribution in [0.15, 0.2) is 41.3 Å². The lowest BCUT2D eigenvalue weighted by atomic mass is 10.1. The van der Waals surface area contributed by atoms with Gasteiger partial charge in [0.15, 0.2) is 0 Å². The van der Waals surface area contributed by atoms with Crippen LogP contribution >= 0.6 is 0 Å². The Hall–Kier alpha value is -2.50. The summed E-state index contributed by atoms with van der Waals surface area (Å²) >= 11 is 0. The minimum atomic E-state index is -0.142. The number of hydrogen-bond acceptors (Lipinski definition) is 5. The quantitative estimate of drug-likeness (QED) is 0.933. The molecule has 1 saturated heterocycles. The number of methoxy groups -OCH3 is 1. The second-order valence-electron chi connectivity index (χ2n) is 5.25. The fourth-order valence-corrected chi connectivity index (χ4v) is 2.65. The van der Waals surface area contributed by atoms with Gasteiger partial charge in [-0.15, -0.1) is 0 Å². The van der Waals surface area contributed by atoms with Crippen molar-refractivity contribution in [2.75, 3.05) is 25.1 Å². The minimum absolute atomic E-state index is 0.142. The third kappa shape index (κ3) is 3.21. The maximum Gasteiger partial charge on any atom is 0.287 e. The Morgan fingerprint density at radius 3 is 2.45 bits per heavy atom. The summed E-state index contributed by atoms with van der Waals surface area (Å²) in [5, 5.41) is 6.19. The molecule has 2 aromatic rings. The first-order valence-electron chi connectivity index (χ1n) is 7.35. The smallest absolute Gasteiger partial charge is 0.287 e. The number of H-pyrrole nitrogens is 1. The fourth-order valence-electron chi connectivity index (χ4n) is 2.65. The lowest BCUT2D eigenvalue weighted by molar-refractivity contribution is 0.170. The molecule has 6 nitrogen and oxygen atoms in total. The Labute approximate surface area is 128 Å². The van der Waals surface area contributed by atoms with Crippen molar-refractivity contribution in [3.8, 4) is 11.5 Å². The van der Waals surface area contributed by atoms with Crippen molar-refractivity contribution in [1.82, 2.24) is 10.2 Å². The molecule has 0 radical (unpaired) electrons. The maximum atomic E-state index is 11.7. The highest BCUT2D eigenvalue weighted by molar-refractivity contribution is 5.43. The predicted molar refractivity (Wildman–Crippen MR) is 83.7 cm³/mol. The zero-order valence-electron chi connectivity index (χ0n) is 12.5. The molecule has 1 aromatic carbocycles. The monoisotopic (exact) mass is 301 g/mol. The number of hydrogen-bond donors (Lipinski definition) is 1. The van der Waals surface area contributed by atoms with Gasteiger partial charge in [-0.2, -0.15) is 5.10 Å². The van der Waals surface area contributed by atoms with Crippen molar-refractivity contribution in [3.63, 3.8) is 0 Å². The lowest BCUT2D eigenvalue weighted by Crippen LogP contribution is -2.40. The van der Waals surface area contributed by atoms with E-state index < -0.39 is 0 Å². The topological polar surface area (TPSA) is 67.5 Å². The molecule has 6 heteroatoms. The summed E-state index contributed by atoms with van der Waals surface area (Å²) in [5.41, 5.74) is 0.537. The maximum absolute atomic E-state index is 11.7. The Bertz CT molecular complexity index is 661. The van der Waals surface area contributed by atoms with Gasteiger partial charge in [0.2, 0.25) is 0 Å². The van der Waals surface area contributed by atoms with Gasteiger partial charge in [-0.1, -0.05) is 0 Å². The van der Waals surface area contributed by atoms with Gasteiger partial charge in [-0.3, -0.25) is 4.79 Å². The van der Waals surface area contributed by atoms with Crippen LogP contribution in [0.5, 0.6) is 11.5 Å². The van der Waals surface area contributed by atoms with Crippen molar-refractivity contribution < 1.29 is 9.47 Å². The highest BCUT2D eigenvalue weighted by atomic mass is 16.5. The average Bonchev–Trinajstić information content (AvgIpc) is 2.57. The van der Waals surface area contributed by atoms with E-state index in [2.05, 4.69) is 15.1 Å². The van der Waals surface area contributed by atoms with Gasteiger partial charge in [0.1, 0.15) is 23.3 Å². The molecule has 0 spiro atoms. The minimum Gasteiger partial charge on any atom is -0.497 e. The zero-order valence-corrected chi connectivity index (χ0v) is 12.5. The highest BCUT2D eigenvalue weighted by Gasteiger charge is 2.22. The molecule has 0 atom stereocenters. The van der Waals surface area contributed by atoms with Gasteiger partial charge in [-0.05, 0) is 30.3 Å². The molecule has 116 valence electrons. The van der Waals surface area contributed by atoms with Crippen LogP contribution in [-0.2, 0) is 0 Å². The lowest BCUT2D eigenvalue weighted by Gasteiger charge is -2.33. The molecule has 1 aliphatic heterocycles. The molecule has 0 bridgehead atoms. The molecule has 0 aliphatic carbocycles. The summed E-state index contributed by atoms with van der Waals surface area (Å²) in [6.07, 6.45) is 3.55. The molecular formula is C16H19N3O3. The van der Waals surface area contributed by atoms with E-state index in [9.17, 15) is 4.79 Å². The summed E-state index contributed by atoms with van der Waals surface area (Å²) in [6.45, 7) is 1.60. The third-order valence-corrected chi connectivity index (χ3v) is 3.85. The van der Waals surface area contributed by atoms with E-state index in [4.69, 9.17) is 9.47 Å². The Morgan fingerprint density at radius 2 is 1.82 bits per heavy atom. The molecule has 0 unspecified atom stereocenters. The van der Waals surface area contributed by atoms with E-state index in [0.717, 1.165) is 37.4 Å². The number of aromatic amines is 1. The first-order chi connectivity index (χ1) is 10.8. The third-order valence-electron chi connectivity index (χ3n) is 3.85. The van der Waals surface area contributed by atoms with Crippen LogP contribution in [0.3, 0.4) is 0 Å². The molecule has 1 aliphatic rings. The largest absolute Gasteiger partial charge is 0.497 e.